The number of ether oxygens (including phenoxy) is 2. The molecule has 0 spiro atoms. The fraction of sp³-hybridized carbons (Fsp3) is 0.684. The average molecular weight is 455 g/mol. The Labute approximate surface area is 184 Å². The molecule has 3 unspecified atom stereocenters. The number of amidine groups is 3. The molecule has 7 nitrogen and oxygen atoms in total. The van der Waals surface area contributed by atoms with Gasteiger partial charge in [0.05, 0.1) is 29.7 Å². The van der Waals surface area contributed by atoms with Gasteiger partial charge in [-0.3, -0.25) is 10.2 Å². The number of hydrogen-bond acceptors (Lipinski definition) is 8. The molecule has 2 saturated heterocycles. The van der Waals surface area contributed by atoms with Gasteiger partial charge >= 0.3 is 0 Å². The molecule has 4 aliphatic heterocycles. The van der Waals surface area contributed by atoms with Crippen LogP contribution in [0.2, 0.25) is 0 Å². The SMILES string of the molecule is CC(C)CSC1=NSC2=NC(=O)/C(=C\C3CCC(SCC4CCCO4)O3)C(=N)N12. The summed E-state index contributed by atoms with van der Waals surface area (Å²) >= 11 is 4.56. The van der Waals surface area contributed by atoms with Gasteiger partial charge in [-0.15, -0.1) is 11.8 Å². The van der Waals surface area contributed by atoms with Crippen LogP contribution in [-0.4, -0.2) is 62.7 Å². The van der Waals surface area contributed by atoms with Gasteiger partial charge in [0.2, 0.25) is 5.17 Å². The summed E-state index contributed by atoms with van der Waals surface area (Å²) in [4.78, 5) is 18.4. The van der Waals surface area contributed by atoms with Gasteiger partial charge in [0.15, 0.2) is 5.17 Å². The molecule has 0 radical (unpaired) electrons. The van der Waals surface area contributed by atoms with Gasteiger partial charge < -0.3 is 9.47 Å². The largest absolute Gasteiger partial charge is 0.377 e. The lowest BCUT2D eigenvalue weighted by atomic mass is 10.1. The Morgan fingerprint density at radius 2 is 2.24 bits per heavy atom. The second kappa shape index (κ2) is 9.55. The number of carbonyl (C=O) groups is 1. The molecule has 29 heavy (non-hydrogen) atoms. The van der Waals surface area contributed by atoms with E-state index in [1.54, 1.807) is 34.5 Å². The molecule has 1 amide bonds. The third-order valence-corrected chi connectivity index (χ3v) is 8.36. The van der Waals surface area contributed by atoms with Gasteiger partial charge in [-0.05, 0) is 37.7 Å². The highest BCUT2D eigenvalue weighted by Crippen LogP contribution is 2.34. The summed E-state index contributed by atoms with van der Waals surface area (Å²) in [5.74, 6) is 2.14. The molecule has 3 atom stereocenters. The Kier molecular flexibility index (Phi) is 7.06. The highest BCUT2D eigenvalue weighted by molar-refractivity contribution is 8.19. The Balaban J connectivity index is 1.38. The van der Waals surface area contributed by atoms with E-state index in [-0.39, 0.29) is 23.3 Å². The van der Waals surface area contributed by atoms with Crippen LogP contribution >= 0.6 is 35.5 Å². The van der Waals surface area contributed by atoms with Gasteiger partial charge in [0.1, 0.15) is 11.3 Å². The lowest BCUT2D eigenvalue weighted by Crippen LogP contribution is -2.42. The third-order valence-electron chi connectivity index (χ3n) is 4.90. The molecule has 0 aromatic rings. The van der Waals surface area contributed by atoms with Crippen molar-refractivity contribution in [3.63, 3.8) is 0 Å². The molecule has 0 saturated carbocycles. The van der Waals surface area contributed by atoms with E-state index < -0.39 is 0 Å². The minimum absolute atomic E-state index is 0.119. The van der Waals surface area contributed by atoms with Crippen molar-refractivity contribution in [2.45, 2.75) is 57.2 Å². The zero-order valence-corrected chi connectivity index (χ0v) is 19.1. The summed E-state index contributed by atoms with van der Waals surface area (Å²) in [5, 5.41) is 9.80. The zero-order chi connectivity index (χ0) is 20.4. The Hall–Kier alpha value is -0.810. The first-order valence-corrected chi connectivity index (χ1v) is 12.8. The van der Waals surface area contributed by atoms with Gasteiger partial charge in [0.25, 0.3) is 5.91 Å². The zero-order valence-electron chi connectivity index (χ0n) is 16.6. The number of hydrogen-bond donors (Lipinski definition) is 1. The van der Waals surface area contributed by atoms with Gasteiger partial charge in [0, 0.05) is 18.1 Å². The average Bonchev–Trinajstić information content (AvgIpc) is 3.42. The Morgan fingerprint density at radius 1 is 1.38 bits per heavy atom. The summed E-state index contributed by atoms with van der Waals surface area (Å²) < 4.78 is 16.2. The maximum atomic E-state index is 12.5. The number of amides is 1. The highest BCUT2D eigenvalue weighted by Gasteiger charge is 2.38. The lowest BCUT2D eigenvalue weighted by molar-refractivity contribution is -0.114. The molecule has 0 aromatic heterocycles. The maximum absolute atomic E-state index is 12.5. The van der Waals surface area contributed by atoms with Crippen LogP contribution in [0.15, 0.2) is 21.0 Å². The molecule has 4 rings (SSSR count). The van der Waals surface area contributed by atoms with Crippen molar-refractivity contribution in [2.75, 3.05) is 18.1 Å². The molecule has 158 valence electrons. The second-order valence-corrected chi connectivity index (χ2v) is 10.7. The van der Waals surface area contributed by atoms with Crippen LogP contribution in [0.4, 0.5) is 0 Å². The van der Waals surface area contributed by atoms with Crippen LogP contribution in [0, 0.1) is 11.3 Å². The molecular formula is C19H26N4O3S3. The first-order chi connectivity index (χ1) is 14.0. The summed E-state index contributed by atoms with van der Waals surface area (Å²) in [6.45, 7) is 5.16. The molecule has 2 fully saturated rings. The van der Waals surface area contributed by atoms with Crippen molar-refractivity contribution in [2.24, 2.45) is 15.3 Å². The van der Waals surface area contributed by atoms with Crippen molar-refractivity contribution in [1.82, 2.24) is 4.90 Å². The molecular weight excluding hydrogens is 428 g/mol. The summed E-state index contributed by atoms with van der Waals surface area (Å²) in [7, 11) is 0. The highest BCUT2D eigenvalue weighted by atomic mass is 32.2. The topological polar surface area (TPSA) is 87.3 Å². The van der Waals surface area contributed by atoms with Crippen molar-refractivity contribution in [3.05, 3.63) is 11.6 Å². The van der Waals surface area contributed by atoms with Crippen LogP contribution in [0.3, 0.4) is 0 Å². The van der Waals surface area contributed by atoms with E-state index in [2.05, 4.69) is 23.2 Å². The van der Waals surface area contributed by atoms with E-state index in [9.17, 15) is 4.79 Å². The minimum atomic E-state index is -0.377. The van der Waals surface area contributed by atoms with Crippen molar-refractivity contribution in [1.29, 1.82) is 5.41 Å². The Morgan fingerprint density at radius 3 is 3.00 bits per heavy atom. The number of rotatable bonds is 6. The minimum Gasteiger partial charge on any atom is -0.377 e. The predicted octanol–water partition coefficient (Wildman–Crippen LogP) is 3.91. The van der Waals surface area contributed by atoms with Crippen molar-refractivity contribution in [3.8, 4) is 0 Å². The van der Waals surface area contributed by atoms with Crippen molar-refractivity contribution >= 4 is 57.5 Å². The molecule has 0 aliphatic carbocycles. The fourth-order valence-corrected chi connectivity index (χ4v) is 6.42. The van der Waals surface area contributed by atoms with E-state index in [4.69, 9.17) is 14.9 Å². The summed E-state index contributed by atoms with van der Waals surface area (Å²) in [6.07, 6.45) is 6.03. The number of nitrogens with zero attached hydrogens (tertiary/aromatic N) is 3. The number of fused-ring (bicyclic) bond motifs is 1. The first kappa shape index (κ1) is 21.4. The van der Waals surface area contributed by atoms with Gasteiger partial charge in [-0.25, -0.2) is 4.90 Å². The smallest absolute Gasteiger partial charge is 0.283 e. The molecule has 4 aliphatic rings. The van der Waals surface area contributed by atoms with E-state index in [1.165, 1.54) is 11.9 Å². The van der Waals surface area contributed by atoms with Crippen molar-refractivity contribution < 1.29 is 14.3 Å². The second-order valence-electron chi connectivity index (χ2n) is 7.78. The predicted molar refractivity (Wildman–Crippen MR) is 122 cm³/mol. The Bertz CT molecular complexity index is 762. The van der Waals surface area contributed by atoms with E-state index in [1.807, 2.05) is 0 Å². The van der Waals surface area contributed by atoms with Gasteiger partial charge in [-0.2, -0.15) is 9.39 Å². The van der Waals surface area contributed by atoms with Crippen LogP contribution in [0.25, 0.3) is 0 Å². The molecule has 1 N–H and O–H groups in total. The molecule has 0 bridgehead atoms. The van der Waals surface area contributed by atoms with Gasteiger partial charge in [-0.1, -0.05) is 25.6 Å². The number of aliphatic imine (C=N–C) groups is 1. The van der Waals surface area contributed by atoms with E-state index >= 15 is 0 Å². The number of thioether (sulfide) groups is 2. The summed E-state index contributed by atoms with van der Waals surface area (Å²) in [5.41, 5.74) is 0.429. The van der Waals surface area contributed by atoms with Crippen LogP contribution in [0.5, 0.6) is 0 Å². The number of nitrogens with one attached hydrogen (secondary N) is 1. The summed E-state index contributed by atoms with van der Waals surface area (Å²) in [6, 6.07) is 0. The fourth-order valence-electron chi connectivity index (χ4n) is 3.41. The normalized spacial score (nSPS) is 31.1. The monoisotopic (exact) mass is 454 g/mol. The first-order valence-electron chi connectivity index (χ1n) is 10.0. The quantitative estimate of drug-likeness (QED) is 0.481. The van der Waals surface area contributed by atoms with Crippen LogP contribution in [0.1, 0.15) is 39.5 Å². The third kappa shape index (κ3) is 5.10. The van der Waals surface area contributed by atoms with E-state index in [0.29, 0.717) is 22.8 Å². The molecule has 0 aromatic carbocycles. The lowest BCUT2D eigenvalue weighted by Gasteiger charge is -2.25. The van der Waals surface area contributed by atoms with Crippen LogP contribution in [-0.2, 0) is 14.3 Å². The maximum Gasteiger partial charge on any atom is 0.283 e. The van der Waals surface area contributed by atoms with E-state index in [0.717, 1.165) is 49.0 Å². The number of carbonyl (C=O) groups excluding carboxylic acids is 1. The standard InChI is InChI=1S/C19H26N4O3S3/c1-11(2)9-28-19-22-29-18-21-17(24)14(16(20)23(18)19)8-12-5-6-15(26-12)27-10-13-4-3-7-25-13/h8,11-13,15,20H,3-7,9-10H2,1-2H3/b14-8-,20-16?. The van der Waals surface area contributed by atoms with Crippen LogP contribution < -0.4 is 0 Å². The molecule has 10 heteroatoms. The molecule has 4 heterocycles.